The standard InChI is InChI=1S/C14H28N2O2/c1-6-11(7-2)12-10-15-8-9-16(12)13(17)18-14(3,4)5/h11-12,15H,6-10H2,1-5H3. The SMILES string of the molecule is CCC(CC)C1CNCCN1C(=O)OC(C)(C)C. The second-order valence-corrected chi connectivity index (χ2v) is 6.02. The molecule has 0 bridgehead atoms. The zero-order valence-corrected chi connectivity index (χ0v) is 12.5. The average molecular weight is 256 g/mol. The number of carbonyl (C=O) groups excluding carboxylic acids is 1. The highest BCUT2D eigenvalue weighted by Crippen LogP contribution is 2.22. The maximum atomic E-state index is 12.2. The van der Waals surface area contributed by atoms with Gasteiger partial charge in [-0.2, -0.15) is 0 Å². The molecule has 0 aromatic heterocycles. The Morgan fingerprint density at radius 2 is 2.00 bits per heavy atom. The van der Waals surface area contributed by atoms with Crippen molar-refractivity contribution in [3.63, 3.8) is 0 Å². The summed E-state index contributed by atoms with van der Waals surface area (Å²) < 4.78 is 5.51. The first-order chi connectivity index (χ1) is 8.39. The molecule has 1 unspecified atom stereocenters. The Bertz CT molecular complexity index is 269. The Balaban J connectivity index is 2.72. The summed E-state index contributed by atoms with van der Waals surface area (Å²) in [5, 5.41) is 3.38. The zero-order valence-electron chi connectivity index (χ0n) is 12.5. The van der Waals surface area contributed by atoms with Crippen molar-refractivity contribution in [3.8, 4) is 0 Å². The topological polar surface area (TPSA) is 41.6 Å². The molecule has 1 N–H and O–H groups in total. The lowest BCUT2D eigenvalue weighted by Crippen LogP contribution is -2.57. The summed E-state index contributed by atoms with van der Waals surface area (Å²) >= 11 is 0. The summed E-state index contributed by atoms with van der Waals surface area (Å²) in [7, 11) is 0. The lowest BCUT2D eigenvalue weighted by molar-refractivity contribution is 0.00378. The molecule has 1 atom stereocenters. The van der Waals surface area contributed by atoms with Crippen LogP contribution in [0.1, 0.15) is 47.5 Å². The third kappa shape index (κ3) is 4.16. The molecule has 1 saturated heterocycles. The Kier molecular flexibility index (Phi) is 5.45. The number of rotatable bonds is 3. The number of hydrogen-bond donors (Lipinski definition) is 1. The van der Waals surface area contributed by atoms with Crippen molar-refractivity contribution in [3.05, 3.63) is 0 Å². The van der Waals surface area contributed by atoms with Crippen LogP contribution in [0.2, 0.25) is 0 Å². The van der Waals surface area contributed by atoms with Crippen LogP contribution in [0.3, 0.4) is 0 Å². The quantitative estimate of drug-likeness (QED) is 0.844. The Morgan fingerprint density at radius 1 is 1.39 bits per heavy atom. The van der Waals surface area contributed by atoms with Crippen LogP contribution in [-0.4, -0.2) is 42.3 Å². The zero-order chi connectivity index (χ0) is 13.8. The molecule has 1 amide bonds. The Hall–Kier alpha value is -0.770. The van der Waals surface area contributed by atoms with Gasteiger partial charge in [0.05, 0.1) is 6.04 Å². The molecule has 1 aliphatic rings. The second-order valence-electron chi connectivity index (χ2n) is 6.02. The monoisotopic (exact) mass is 256 g/mol. The molecule has 18 heavy (non-hydrogen) atoms. The minimum Gasteiger partial charge on any atom is -0.444 e. The lowest BCUT2D eigenvalue weighted by Gasteiger charge is -2.40. The first kappa shape index (κ1) is 15.3. The highest BCUT2D eigenvalue weighted by molar-refractivity contribution is 5.68. The van der Waals surface area contributed by atoms with Gasteiger partial charge in [-0.25, -0.2) is 4.79 Å². The van der Waals surface area contributed by atoms with Crippen LogP contribution in [0.15, 0.2) is 0 Å². The fraction of sp³-hybridized carbons (Fsp3) is 0.929. The van der Waals surface area contributed by atoms with Crippen LogP contribution in [-0.2, 0) is 4.74 Å². The molecule has 0 aliphatic carbocycles. The summed E-state index contributed by atoms with van der Waals surface area (Å²) in [4.78, 5) is 14.2. The minimum absolute atomic E-state index is 0.166. The van der Waals surface area contributed by atoms with Gasteiger partial charge in [0.25, 0.3) is 0 Å². The van der Waals surface area contributed by atoms with Crippen LogP contribution in [0.25, 0.3) is 0 Å². The van der Waals surface area contributed by atoms with Gasteiger partial charge in [-0.3, -0.25) is 0 Å². The fourth-order valence-electron chi connectivity index (χ4n) is 2.53. The first-order valence-electron chi connectivity index (χ1n) is 7.09. The van der Waals surface area contributed by atoms with Crippen molar-refractivity contribution in [2.75, 3.05) is 19.6 Å². The fourth-order valence-corrected chi connectivity index (χ4v) is 2.53. The molecule has 0 aromatic carbocycles. The van der Waals surface area contributed by atoms with E-state index in [1.165, 1.54) is 0 Å². The van der Waals surface area contributed by atoms with Gasteiger partial charge >= 0.3 is 6.09 Å². The van der Waals surface area contributed by atoms with E-state index in [0.717, 1.165) is 32.5 Å². The molecule has 0 saturated carbocycles. The molecular formula is C14H28N2O2. The molecule has 1 aliphatic heterocycles. The number of amides is 1. The maximum absolute atomic E-state index is 12.2. The molecule has 1 rings (SSSR count). The molecule has 1 fully saturated rings. The van der Waals surface area contributed by atoms with Gasteiger partial charge in [-0.15, -0.1) is 0 Å². The highest BCUT2D eigenvalue weighted by Gasteiger charge is 2.33. The Labute approximate surface area is 111 Å². The molecule has 106 valence electrons. The number of carbonyl (C=O) groups is 1. The third-order valence-electron chi connectivity index (χ3n) is 3.50. The van der Waals surface area contributed by atoms with Crippen molar-refractivity contribution in [1.82, 2.24) is 10.2 Å². The molecule has 4 nitrogen and oxygen atoms in total. The van der Waals surface area contributed by atoms with Gasteiger partial charge in [0, 0.05) is 19.6 Å². The highest BCUT2D eigenvalue weighted by atomic mass is 16.6. The minimum atomic E-state index is -0.416. The van der Waals surface area contributed by atoms with E-state index in [1.54, 1.807) is 0 Å². The van der Waals surface area contributed by atoms with E-state index >= 15 is 0 Å². The van der Waals surface area contributed by atoms with E-state index in [9.17, 15) is 4.79 Å². The smallest absolute Gasteiger partial charge is 0.410 e. The summed E-state index contributed by atoms with van der Waals surface area (Å²) in [6.07, 6.45) is 2.03. The molecule has 0 aromatic rings. The third-order valence-corrected chi connectivity index (χ3v) is 3.50. The van der Waals surface area contributed by atoms with Crippen molar-refractivity contribution in [2.45, 2.75) is 59.1 Å². The van der Waals surface area contributed by atoms with Gasteiger partial charge in [0.2, 0.25) is 0 Å². The first-order valence-corrected chi connectivity index (χ1v) is 7.09. The average Bonchev–Trinajstić information content (AvgIpc) is 2.29. The summed E-state index contributed by atoms with van der Waals surface area (Å²) in [6, 6.07) is 0.267. The summed E-state index contributed by atoms with van der Waals surface area (Å²) in [5.41, 5.74) is -0.416. The van der Waals surface area contributed by atoms with Gasteiger partial charge < -0.3 is 15.0 Å². The summed E-state index contributed by atoms with van der Waals surface area (Å²) in [5.74, 6) is 0.547. The number of ether oxygens (including phenoxy) is 1. The molecule has 0 radical (unpaired) electrons. The lowest BCUT2D eigenvalue weighted by atomic mass is 9.92. The van der Waals surface area contributed by atoms with E-state index in [4.69, 9.17) is 4.74 Å². The number of hydrogen-bond acceptors (Lipinski definition) is 3. The van der Waals surface area contributed by atoms with Crippen molar-refractivity contribution >= 4 is 6.09 Å². The normalized spacial score (nSPS) is 21.2. The van der Waals surface area contributed by atoms with E-state index in [2.05, 4.69) is 19.2 Å². The predicted octanol–water partition coefficient (Wildman–Crippen LogP) is 2.63. The molecular weight excluding hydrogens is 228 g/mol. The molecule has 0 spiro atoms. The summed E-state index contributed by atoms with van der Waals surface area (Å²) in [6.45, 7) is 12.6. The van der Waals surface area contributed by atoms with Crippen LogP contribution in [0, 0.1) is 5.92 Å². The number of piperazine rings is 1. The van der Waals surface area contributed by atoms with Gasteiger partial charge in [-0.05, 0) is 26.7 Å². The van der Waals surface area contributed by atoms with E-state index < -0.39 is 5.60 Å². The van der Waals surface area contributed by atoms with Crippen LogP contribution in [0.5, 0.6) is 0 Å². The van der Waals surface area contributed by atoms with E-state index in [-0.39, 0.29) is 12.1 Å². The van der Waals surface area contributed by atoms with Crippen LogP contribution in [0.4, 0.5) is 4.79 Å². The largest absolute Gasteiger partial charge is 0.444 e. The second kappa shape index (κ2) is 6.41. The van der Waals surface area contributed by atoms with Crippen molar-refractivity contribution in [1.29, 1.82) is 0 Å². The molecule has 1 heterocycles. The molecule has 4 heteroatoms. The van der Waals surface area contributed by atoms with E-state index in [0.29, 0.717) is 5.92 Å². The Morgan fingerprint density at radius 3 is 2.50 bits per heavy atom. The van der Waals surface area contributed by atoms with Gasteiger partial charge in [-0.1, -0.05) is 26.7 Å². The van der Waals surface area contributed by atoms with Crippen molar-refractivity contribution in [2.24, 2.45) is 5.92 Å². The van der Waals surface area contributed by atoms with Crippen LogP contribution >= 0.6 is 0 Å². The van der Waals surface area contributed by atoms with Gasteiger partial charge in [0.15, 0.2) is 0 Å². The maximum Gasteiger partial charge on any atom is 0.410 e. The predicted molar refractivity (Wildman–Crippen MR) is 73.7 cm³/mol. The van der Waals surface area contributed by atoms with Gasteiger partial charge in [0.1, 0.15) is 5.60 Å². The van der Waals surface area contributed by atoms with Crippen molar-refractivity contribution < 1.29 is 9.53 Å². The number of nitrogens with one attached hydrogen (secondary N) is 1. The van der Waals surface area contributed by atoms with Crippen LogP contribution < -0.4 is 5.32 Å². The van der Waals surface area contributed by atoms with E-state index in [1.807, 2.05) is 25.7 Å². The number of nitrogens with zero attached hydrogens (tertiary/aromatic N) is 1.